The molecule has 2 heterocycles. The van der Waals surface area contributed by atoms with Gasteiger partial charge in [0.2, 0.25) is 5.37 Å². The first-order valence-corrected chi connectivity index (χ1v) is 17.4. The number of benzene rings is 3. The number of rotatable bonds is 9. The minimum absolute atomic E-state index is 0.0487. The van der Waals surface area contributed by atoms with E-state index in [9.17, 15) is 27.4 Å². The number of alkyl carbamates (subject to hydrolysis) is 1. The average molecular weight is 679 g/mol. The lowest BCUT2D eigenvalue weighted by molar-refractivity contribution is -0.154. The molecule has 0 aliphatic carbocycles. The lowest BCUT2D eigenvalue weighted by Crippen LogP contribution is -2.75. The van der Waals surface area contributed by atoms with E-state index < -0.39 is 62.4 Å². The van der Waals surface area contributed by atoms with Crippen molar-refractivity contribution in [3.8, 4) is 0 Å². The minimum atomic E-state index is -4.22. The van der Waals surface area contributed by atoms with E-state index in [0.29, 0.717) is 11.1 Å². The molecule has 0 radical (unpaired) electrons. The Morgan fingerprint density at radius 3 is 2.11 bits per heavy atom. The summed E-state index contributed by atoms with van der Waals surface area (Å²) in [5, 5.41) is 1.36. The highest BCUT2D eigenvalue weighted by Gasteiger charge is 2.61. The van der Waals surface area contributed by atoms with Crippen molar-refractivity contribution in [1.82, 2.24) is 10.2 Å². The molecule has 5 rings (SSSR count). The average Bonchev–Trinajstić information content (AvgIpc) is 3.02. The summed E-state index contributed by atoms with van der Waals surface area (Å²) in [6, 6.07) is 22.8. The van der Waals surface area contributed by atoms with Crippen LogP contribution in [0.4, 0.5) is 4.79 Å². The van der Waals surface area contributed by atoms with Gasteiger partial charge in [-0.05, 0) is 68.2 Å². The number of nitrogens with one attached hydrogen (secondary N) is 1. The largest absolute Gasteiger partial charge is 0.614 e. The Bertz CT molecular complexity index is 1760. The lowest BCUT2D eigenvalue weighted by atomic mass is 10.0. The monoisotopic (exact) mass is 678 g/mol. The Morgan fingerprint density at radius 1 is 0.979 bits per heavy atom. The standard InChI is InChI=1S/C34H34N2O9S2/c1-22-15-17-26(18-16-22)47(41,42)43-20-19-25-21-46(40)31-27(35-33(39)45-34(2,3)4)30(37)36(31)28(25)32(38)44-29(23-11-7-5-8-12-23)24-13-9-6-10-14-24/h5-20,27,29,31H,21H2,1-4H3,(H,35,39)/b20-19+. The molecule has 13 heteroatoms. The van der Waals surface area contributed by atoms with Gasteiger partial charge in [-0.3, -0.25) is 9.69 Å². The zero-order chi connectivity index (χ0) is 33.9. The summed E-state index contributed by atoms with van der Waals surface area (Å²) in [4.78, 5) is 41.0. The van der Waals surface area contributed by atoms with Crippen LogP contribution >= 0.6 is 0 Å². The summed E-state index contributed by atoms with van der Waals surface area (Å²) >= 11 is -1.82. The first-order chi connectivity index (χ1) is 22.2. The summed E-state index contributed by atoms with van der Waals surface area (Å²) in [5.74, 6) is -1.90. The van der Waals surface area contributed by atoms with Crippen LogP contribution in [-0.4, -0.2) is 58.6 Å². The van der Waals surface area contributed by atoms with E-state index in [1.54, 1.807) is 81.4 Å². The third-order valence-electron chi connectivity index (χ3n) is 7.21. The highest BCUT2D eigenvalue weighted by Crippen LogP contribution is 2.39. The predicted molar refractivity (Wildman–Crippen MR) is 173 cm³/mol. The maximum absolute atomic E-state index is 14.1. The zero-order valence-corrected chi connectivity index (χ0v) is 27.7. The number of hydrogen-bond donors (Lipinski definition) is 1. The van der Waals surface area contributed by atoms with Crippen molar-refractivity contribution < 1.29 is 41.0 Å². The maximum Gasteiger partial charge on any atom is 0.408 e. The number of β-lactam (4-membered cyclic amide) rings is 1. The van der Waals surface area contributed by atoms with E-state index in [4.69, 9.17) is 13.7 Å². The molecule has 2 aliphatic heterocycles. The molecule has 246 valence electrons. The summed E-state index contributed by atoms with van der Waals surface area (Å²) in [6.07, 6.45) is 0.285. The molecular weight excluding hydrogens is 645 g/mol. The molecule has 1 N–H and O–H groups in total. The van der Waals surface area contributed by atoms with E-state index in [1.807, 2.05) is 19.1 Å². The number of carbonyl (C=O) groups is 3. The second-order valence-electron chi connectivity index (χ2n) is 11.9. The molecule has 1 saturated heterocycles. The van der Waals surface area contributed by atoms with Gasteiger partial charge in [-0.25, -0.2) is 9.59 Å². The number of ether oxygens (including phenoxy) is 2. The molecule has 47 heavy (non-hydrogen) atoms. The summed E-state index contributed by atoms with van der Waals surface area (Å²) < 4.78 is 55.5. The van der Waals surface area contributed by atoms with Gasteiger partial charge in [-0.1, -0.05) is 78.4 Å². The van der Waals surface area contributed by atoms with Crippen LogP contribution in [0.5, 0.6) is 0 Å². The van der Waals surface area contributed by atoms with Crippen LogP contribution in [0.15, 0.2) is 113 Å². The lowest BCUT2D eigenvalue weighted by Gasteiger charge is -2.49. The SMILES string of the molecule is Cc1ccc(S(=O)(=O)O/C=C/C2=C(C(=O)OC(c3ccccc3)c3ccccc3)N3C(=O)C(NC(=O)OC(C)(C)C)C3[S+]([O-])C2)cc1. The van der Waals surface area contributed by atoms with Gasteiger partial charge in [-0.15, -0.1) is 0 Å². The van der Waals surface area contributed by atoms with E-state index in [0.717, 1.165) is 16.7 Å². The topological polar surface area (TPSA) is 151 Å². The van der Waals surface area contributed by atoms with Gasteiger partial charge in [0.05, 0.1) is 0 Å². The molecule has 3 aromatic rings. The quantitative estimate of drug-likeness (QED) is 0.112. The number of nitrogens with zero attached hydrogens (tertiary/aromatic N) is 1. The van der Waals surface area contributed by atoms with Gasteiger partial charge in [0.25, 0.3) is 5.91 Å². The van der Waals surface area contributed by atoms with Crippen molar-refractivity contribution in [1.29, 1.82) is 0 Å². The number of esters is 1. The molecule has 2 aliphatic rings. The van der Waals surface area contributed by atoms with Gasteiger partial charge in [0.1, 0.15) is 28.2 Å². The van der Waals surface area contributed by atoms with Gasteiger partial charge in [0.15, 0.2) is 12.1 Å². The first-order valence-electron chi connectivity index (χ1n) is 14.7. The van der Waals surface area contributed by atoms with E-state index >= 15 is 0 Å². The minimum Gasteiger partial charge on any atom is -0.614 e. The number of allylic oxidation sites excluding steroid dienone is 1. The number of aryl methyl sites for hydroxylation is 1. The van der Waals surface area contributed by atoms with Gasteiger partial charge < -0.3 is 23.5 Å². The second-order valence-corrected chi connectivity index (χ2v) is 15.0. The van der Waals surface area contributed by atoms with Crippen LogP contribution in [0.1, 0.15) is 43.6 Å². The van der Waals surface area contributed by atoms with Crippen LogP contribution in [0, 0.1) is 6.92 Å². The van der Waals surface area contributed by atoms with Crippen LogP contribution in [0.2, 0.25) is 0 Å². The third-order valence-corrected chi connectivity index (χ3v) is 10.0. The summed E-state index contributed by atoms with van der Waals surface area (Å²) in [6.45, 7) is 6.79. The van der Waals surface area contributed by atoms with Gasteiger partial charge in [-0.2, -0.15) is 8.42 Å². The second kappa shape index (κ2) is 13.6. The van der Waals surface area contributed by atoms with Crippen LogP contribution in [0.3, 0.4) is 0 Å². The molecule has 0 saturated carbocycles. The van der Waals surface area contributed by atoms with E-state index in [2.05, 4.69) is 5.32 Å². The van der Waals surface area contributed by atoms with Crippen molar-refractivity contribution in [3.05, 3.63) is 125 Å². The normalized spacial score (nSPS) is 19.7. The number of fused-ring (bicyclic) bond motifs is 1. The molecule has 3 aromatic carbocycles. The number of amides is 2. The Morgan fingerprint density at radius 2 is 1.55 bits per heavy atom. The van der Waals surface area contributed by atoms with E-state index in [-0.39, 0.29) is 21.9 Å². The highest BCUT2D eigenvalue weighted by molar-refractivity contribution is 7.92. The Labute approximate surface area is 276 Å². The molecule has 0 spiro atoms. The molecule has 11 nitrogen and oxygen atoms in total. The fraction of sp³-hybridized carbons (Fsp3) is 0.265. The maximum atomic E-state index is 14.1. The fourth-order valence-electron chi connectivity index (χ4n) is 5.05. The van der Waals surface area contributed by atoms with Crippen molar-refractivity contribution in [2.45, 2.75) is 55.7 Å². The van der Waals surface area contributed by atoms with Gasteiger partial charge >= 0.3 is 22.2 Å². The molecular formula is C34H34N2O9S2. The fourth-order valence-corrected chi connectivity index (χ4v) is 7.47. The van der Waals surface area contributed by atoms with E-state index in [1.165, 1.54) is 18.2 Å². The van der Waals surface area contributed by atoms with Crippen molar-refractivity contribution in [2.75, 3.05) is 5.75 Å². The molecule has 0 aromatic heterocycles. The smallest absolute Gasteiger partial charge is 0.408 e. The Kier molecular flexibility index (Phi) is 9.80. The number of hydrogen-bond acceptors (Lipinski definition) is 9. The van der Waals surface area contributed by atoms with Crippen molar-refractivity contribution in [3.63, 3.8) is 0 Å². The highest BCUT2D eigenvalue weighted by atomic mass is 32.2. The number of carbonyl (C=O) groups excluding carboxylic acids is 3. The van der Waals surface area contributed by atoms with Crippen LogP contribution < -0.4 is 5.32 Å². The van der Waals surface area contributed by atoms with Crippen LogP contribution in [-0.2, 0) is 44.5 Å². The first kappa shape index (κ1) is 33.8. The van der Waals surface area contributed by atoms with Crippen molar-refractivity contribution >= 4 is 39.3 Å². The van der Waals surface area contributed by atoms with Crippen LogP contribution in [0.25, 0.3) is 0 Å². The Hall–Kier alpha value is -4.59. The molecule has 1 fully saturated rings. The zero-order valence-electron chi connectivity index (χ0n) is 26.1. The molecule has 2 amide bonds. The summed E-state index contributed by atoms with van der Waals surface area (Å²) in [5.41, 5.74) is 1.13. The third kappa shape index (κ3) is 7.70. The van der Waals surface area contributed by atoms with Crippen molar-refractivity contribution in [2.24, 2.45) is 0 Å². The summed E-state index contributed by atoms with van der Waals surface area (Å²) in [7, 11) is -4.22. The Balaban J connectivity index is 1.49. The predicted octanol–water partition coefficient (Wildman–Crippen LogP) is 4.62. The molecule has 0 bridgehead atoms. The molecule has 3 atom stereocenters. The molecule has 3 unspecified atom stereocenters. The van der Waals surface area contributed by atoms with Gasteiger partial charge in [0, 0.05) is 5.57 Å².